The highest BCUT2D eigenvalue weighted by atomic mass is 35.5. The topological polar surface area (TPSA) is 12.4 Å². The first kappa shape index (κ1) is 13.1. The summed E-state index contributed by atoms with van der Waals surface area (Å²) < 4.78 is 41.1. The third-order valence-corrected chi connectivity index (χ3v) is 4.09. The van der Waals surface area contributed by atoms with Crippen molar-refractivity contribution in [2.24, 2.45) is 4.40 Å². The summed E-state index contributed by atoms with van der Waals surface area (Å²) in [7, 11) is 0. The number of alkyl halides is 3. The molecule has 1 unspecified atom stereocenters. The predicted molar refractivity (Wildman–Crippen MR) is 64.9 cm³/mol. The molecule has 0 saturated carbocycles. The molecule has 0 N–H and O–H groups in total. The summed E-state index contributed by atoms with van der Waals surface area (Å²) in [6.45, 7) is 0. The molecule has 0 saturated heterocycles. The molecule has 2 rings (SSSR count). The van der Waals surface area contributed by atoms with Gasteiger partial charge in [0.15, 0.2) is 4.75 Å². The Morgan fingerprint density at radius 2 is 1.76 bits per heavy atom. The van der Waals surface area contributed by atoms with Crippen molar-refractivity contribution in [3.63, 3.8) is 0 Å². The summed E-state index contributed by atoms with van der Waals surface area (Å²) in [6, 6.07) is 3.96. The average Bonchev–Trinajstić information content (AvgIpc) is 2.64. The van der Waals surface area contributed by atoms with E-state index >= 15 is 0 Å². The van der Waals surface area contributed by atoms with Crippen molar-refractivity contribution in [3.05, 3.63) is 33.8 Å². The molecule has 7 heteroatoms. The second-order valence-corrected chi connectivity index (χ2v) is 5.53. The van der Waals surface area contributed by atoms with Gasteiger partial charge in [-0.3, -0.25) is 0 Å². The molecule has 1 aliphatic heterocycles. The smallest absolute Gasteiger partial charge is 0.228 e. The number of halogens is 5. The van der Waals surface area contributed by atoms with Crippen LogP contribution in [0.4, 0.5) is 13.2 Å². The van der Waals surface area contributed by atoms with Gasteiger partial charge in [0.1, 0.15) is 0 Å². The molecule has 0 spiro atoms. The van der Waals surface area contributed by atoms with E-state index in [0.717, 1.165) is 0 Å². The van der Waals surface area contributed by atoms with E-state index in [4.69, 9.17) is 23.2 Å². The molecule has 0 bridgehead atoms. The first-order valence-corrected chi connectivity index (χ1v) is 6.11. The number of benzene rings is 1. The molecule has 0 radical (unpaired) electrons. The maximum Gasteiger partial charge on any atom is 0.409 e. The zero-order valence-electron chi connectivity index (χ0n) is 8.26. The molecule has 92 valence electrons. The van der Waals surface area contributed by atoms with Gasteiger partial charge in [0.2, 0.25) is 0 Å². The fraction of sp³-hybridized carbons (Fsp3) is 0.300. The van der Waals surface area contributed by atoms with E-state index in [1.165, 1.54) is 24.4 Å². The Labute approximate surface area is 110 Å². The van der Waals surface area contributed by atoms with Crippen LogP contribution in [0.3, 0.4) is 0 Å². The van der Waals surface area contributed by atoms with Gasteiger partial charge in [0.05, 0.1) is 0 Å². The highest BCUT2D eigenvalue weighted by Crippen LogP contribution is 2.55. The Bertz CT molecular complexity index is 445. The SMILES string of the molecule is FC(F)(F)C1(c2cc(Cl)cc(Cl)c2)CC=NS1. The summed E-state index contributed by atoms with van der Waals surface area (Å²) >= 11 is 12.0. The summed E-state index contributed by atoms with van der Waals surface area (Å²) in [5, 5.41) is 0.368. The van der Waals surface area contributed by atoms with Crippen molar-refractivity contribution < 1.29 is 13.2 Å². The number of rotatable bonds is 1. The zero-order chi connectivity index (χ0) is 12.7. The molecule has 1 aromatic rings. The van der Waals surface area contributed by atoms with E-state index in [-0.39, 0.29) is 22.0 Å². The van der Waals surface area contributed by atoms with Crippen LogP contribution in [0.15, 0.2) is 22.6 Å². The first-order chi connectivity index (χ1) is 7.85. The van der Waals surface area contributed by atoms with Crippen LogP contribution < -0.4 is 0 Å². The molecular formula is C10H6Cl2F3NS. The van der Waals surface area contributed by atoms with Crippen molar-refractivity contribution >= 4 is 41.4 Å². The van der Waals surface area contributed by atoms with Crippen LogP contribution in [-0.2, 0) is 4.75 Å². The maximum absolute atomic E-state index is 13.2. The predicted octanol–water partition coefficient (Wildman–Crippen LogP) is 4.87. The second kappa shape index (κ2) is 4.37. The van der Waals surface area contributed by atoms with Crippen molar-refractivity contribution in [3.8, 4) is 0 Å². The third kappa shape index (κ3) is 2.28. The van der Waals surface area contributed by atoms with Crippen molar-refractivity contribution in [2.45, 2.75) is 17.3 Å². The number of hydrogen-bond acceptors (Lipinski definition) is 2. The zero-order valence-corrected chi connectivity index (χ0v) is 10.6. The Morgan fingerprint density at radius 3 is 2.18 bits per heavy atom. The van der Waals surface area contributed by atoms with Gasteiger partial charge < -0.3 is 0 Å². The molecule has 0 fully saturated rings. The Balaban J connectivity index is 2.54. The van der Waals surface area contributed by atoms with Crippen molar-refractivity contribution in [1.29, 1.82) is 0 Å². The summed E-state index contributed by atoms with van der Waals surface area (Å²) in [5.74, 6) is 0. The van der Waals surface area contributed by atoms with Crippen LogP contribution in [0.5, 0.6) is 0 Å². The standard InChI is InChI=1S/C10H6Cl2F3NS/c11-7-3-6(4-8(12)5-7)9(10(13,14)15)1-2-16-17-9/h2-5H,1H2. The Morgan fingerprint density at radius 1 is 1.18 bits per heavy atom. The molecule has 0 aliphatic carbocycles. The molecule has 1 aromatic carbocycles. The molecule has 0 aromatic heterocycles. The Hall–Kier alpha value is -0.390. The first-order valence-electron chi connectivity index (χ1n) is 4.58. The average molecular weight is 300 g/mol. The monoisotopic (exact) mass is 299 g/mol. The van der Waals surface area contributed by atoms with Crippen molar-refractivity contribution in [1.82, 2.24) is 0 Å². The van der Waals surface area contributed by atoms with Gasteiger partial charge in [-0.15, -0.1) is 0 Å². The summed E-state index contributed by atoms with van der Waals surface area (Å²) in [6.07, 6.45) is -3.37. The van der Waals surface area contributed by atoms with Crippen LogP contribution in [0.1, 0.15) is 12.0 Å². The van der Waals surface area contributed by atoms with Crippen LogP contribution in [0, 0.1) is 0 Å². The van der Waals surface area contributed by atoms with Gasteiger partial charge in [-0.2, -0.15) is 13.2 Å². The van der Waals surface area contributed by atoms with Crippen molar-refractivity contribution in [2.75, 3.05) is 0 Å². The van der Waals surface area contributed by atoms with Gasteiger partial charge in [-0.25, -0.2) is 4.40 Å². The van der Waals surface area contributed by atoms with E-state index in [2.05, 4.69) is 4.40 Å². The minimum absolute atomic E-state index is 0.0324. The lowest BCUT2D eigenvalue weighted by atomic mass is 9.94. The molecule has 0 amide bonds. The van der Waals surface area contributed by atoms with Crippen LogP contribution in [0.25, 0.3) is 0 Å². The van der Waals surface area contributed by atoms with Gasteiger partial charge in [0, 0.05) is 22.7 Å². The quantitative estimate of drug-likeness (QED) is 0.674. The highest BCUT2D eigenvalue weighted by Gasteiger charge is 2.58. The number of nitrogens with zero attached hydrogens (tertiary/aromatic N) is 1. The van der Waals surface area contributed by atoms with E-state index in [1.54, 1.807) is 0 Å². The summed E-state index contributed by atoms with van der Waals surface area (Å²) in [4.78, 5) is 0. The fourth-order valence-electron chi connectivity index (χ4n) is 1.62. The minimum Gasteiger partial charge on any atom is -0.228 e. The van der Waals surface area contributed by atoms with Gasteiger partial charge in [-0.05, 0) is 35.7 Å². The molecule has 1 atom stereocenters. The molecule has 17 heavy (non-hydrogen) atoms. The number of hydrogen-bond donors (Lipinski definition) is 0. The van der Waals surface area contributed by atoms with Crippen LogP contribution in [0.2, 0.25) is 10.0 Å². The largest absolute Gasteiger partial charge is 0.409 e. The van der Waals surface area contributed by atoms with E-state index in [1.807, 2.05) is 0 Å². The van der Waals surface area contributed by atoms with Gasteiger partial charge in [-0.1, -0.05) is 23.2 Å². The molecule has 1 aliphatic rings. The molecular weight excluding hydrogens is 294 g/mol. The van der Waals surface area contributed by atoms with Gasteiger partial charge in [0.25, 0.3) is 0 Å². The second-order valence-electron chi connectivity index (χ2n) is 3.57. The fourth-order valence-corrected chi connectivity index (χ4v) is 2.95. The highest BCUT2D eigenvalue weighted by molar-refractivity contribution is 7.99. The van der Waals surface area contributed by atoms with E-state index in [0.29, 0.717) is 11.9 Å². The normalized spacial score (nSPS) is 24.3. The Kier molecular flexibility index (Phi) is 3.36. The van der Waals surface area contributed by atoms with Crippen LogP contribution in [-0.4, -0.2) is 12.4 Å². The third-order valence-electron chi connectivity index (χ3n) is 2.45. The lowest BCUT2D eigenvalue weighted by Gasteiger charge is -2.29. The minimum atomic E-state index is -4.41. The maximum atomic E-state index is 13.2. The lowest BCUT2D eigenvalue weighted by Crippen LogP contribution is -2.37. The molecule has 1 nitrogen and oxygen atoms in total. The lowest BCUT2D eigenvalue weighted by molar-refractivity contribution is -0.159. The van der Waals surface area contributed by atoms with Crippen LogP contribution >= 0.6 is 35.1 Å². The van der Waals surface area contributed by atoms with E-state index < -0.39 is 10.9 Å². The van der Waals surface area contributed by atoms with E-state index in [9.17, 15) is 13.2 Å². The summed E-state index contributed by atoms with van der Waals surface area (Å²) in [5.41, 5.74) is 0.0324. The molecule has 1 heterocycles. The van der Waals surface area contributed by atoms with Gasteiger partial charge >= 0.3 is 6.18 Å².